The van der Waals surface area contributed by atoms with E-state index in [0.717, 1.165) is 12.3 Å². The predicted octanol–water partition coefficient (Wildman–Crippen LogP) is 5.35. The number of hydrogen-bond acceptors (Lipinski definition) is 1. The number of para-hydroxylation sites is 1. The van der Waals surface area contributed by atoms with Crippen LogP contribution in [0.5, 0.6) is 5.75 Å². The largest absolute Gasteiger partial charge is 0.497 e. The molecule has 0 saturated heterocycles. The fourth-order valence-corrected chi connectivity index (χ4v) is 3.87. The van der Waals surface area contributed by atoms with Gasteiger partial charge in [-0.1, -0.05) is 48.5 Å². The third-order valence-corrected chi connectivity index (χ3v) is 4.93. The zero-order chi connectivity index (χ0) is 16.1. The molecule has 0 saturated carbocycles. The van der Waals surface area contributed by atoms with Crippen molar-refractivity contribution in [3.63, 3.8) is 0 Å². The van der Waals surface area contributed by atoms with Crippen LogP contribution in [0.2, 0.25) is 0 Å². The van der Waals surface area contributed by atoms with E-state index in [1.165, 1.54) is 38.9 Å². The van der Waals surface area contributed by atoms with Crippen molar-refractivity contribution in [3.05, 3.63) is 78.4 Å². The van der Waals surface area contributed by atoms with Gasteiger partial charge in [0.1, 0.15) is 5.75 Å². The first kappa shape index (κ1) is 13.4. The molecule has 0 spiro atoms. The highest BCUT2D eigenvalue weighted by Crippen LogP contribution is 2.46. The van der Waals surface area contributed by atoms with Crippen LogP contribution in [0.15, 0.2) is 72.8 Å². The number of aromatic nitrogens is 1. The molecule has 24 heavy (non-hydrogen) atoms. The quantitative estimate of drug-likeness (QED) is 0.429. The molecule has 4 aromatic rings. The third kappa shape index (κ3) is 1.77. The molecule has 1 aliphatic heterocycles. The molecule has 0 N–H and O–H groups in total. The highest BCUT2D eigenvalue weighted by Gasteiger charge is 2.26. The minimum Gasteiger partial charge on any atom is -0.497 e. The summed E-state index contributed by atoms with van der Waals surface area (Å²) in [6, 6.07) is 25.8. The second-order valence-corrected chi connectivity index (χ2v) is 6.22. The minimum atomic E-state index is 0.898. The van der Waals surface area contributed by atoms with E-state index in [1.807, 2.05) is 0 Å². The first-order chi connectivity index (χ1) is 11.9. The summed E-state index contributed by atoms with van der Waals surface area (Å²) in [5.41, 5.74) is 7.85. The molecule has 116 valence electrons. The van der Waals surface area contributed by atoms with Crippen molar-refractivity contribution in [3.8, 4) is 28.1 Å². The van der Waals surface area contributed by atoms with Crippen LogP contribution < -0.4 is 4.74 Å². The Bertz CT molecular complexity index is 1060. The van der Waals surface area contributed by atoms with Gasteiger partial charge >= 0.3 is 0 Å². The van der Waals surface area contributed by atoms with Crippen LogP contribution in [-0.2, 0) is 6.54 Å². The van der Waals surface area contributed by atoms with Crippen molar-refractivity contribution in [1.82, 2.24) is 4.57 Å². The van der Waals surface area contributed by atoms with Crippen LogP contribution in [0.3, 0.4) is 0 Å². The Morgan fingerprint density at radius 2 is 1.67 bits per heavy atom. The average Bonchev–Trinajstić information content (AvgIpc) is 3.16. The molecule has 0 bridgehead atoms. The van der Waals surface area contributed by atoms with Gasteiger partial charge in [0, 0.05) is 28.6 Å². The van der Waals surface area contributed by atoms with E-state index >= 15 is 0 Å². The van der Waals surface area contributed by atoms with Crippen LogP contribution in [0.1, 0.15) is 5.56 Å². The van der Waals surface area contributed by atoms with E-state index < -0.39 is 0 Å². The summed E-state index contributed by atoms with van der Waals surface area (Å²) in [6.45, 7) is 0.898. The van der Waals surface area contributed by atoms with Gasteiger partial charge in [0.2, 0.25) is 0 Å². The van der Waals surface area contributed by atoms with Crippen LogP contribution >= 0.6 is 0 Å². The Morgan fingerprint density at radius 1 is 0.875 bits per heavy atom. The first-order valence-corrected chi connectivity index (χ1v) is 8.21. The summed E-state index contributed by atoms with van der Waals surface area (Å²) in [5.74, 6) is 0.921. The highest BCUT2D eigenvalue weighted by atomic mass is 16.5. The van der Waals surface area contributed by atoms with Crippen molar-refractivity contribution >= 4 is 10.9 Å². The fraction of sp³-hybridized carbons (Fsp3) is 0.0909. The zero-order valence-electron chi connectivity index (χ0n) is 13.5. The van der Waals surface area contributed by atoms with Crippen molar-refractivity contribution < 1.29 is 4.74 Å². The normalized spacial score (nSPS) is 12.2. The molecule has 5 rings (SSSR count). The maximum absolute atomic E-state index is 5.41. The third-order valence-electron chi connectivity index (χ3n) is 4.93. The average molecular weight is 311 g/mol. The van der Waals surface area contributed by atoms with Gasteiger partial charge in [-0.3, -0.25) is 0 Å². The summed E-state index contributed by atoms with van der Waals surface area (Å²) < 4.78 is 7.84. The lowest BCUT2D eigenvalue weighted by Gasteiger charge is -2.07. The molecule has 3 aromatic carbocycles. The Labute approximate surface area is 140 Å². The number of fused-ring (bicyclic) bond motifs is 5. The summed E-state index contributed by atoms with van der Waals surface area (Å²) in [5, 5.41) is 1.32. The number of hydrogen-bond donors (Lipinski definition) is 0. The van der Waals surface area contributed by atoms with Crippen molar-refractivity contribution in [2.45, 2.75) is 6.54 Å². The molecular weight excluding hydrogens is 294 g/mol. The molecule has 0 fully saturated rings. The van der Waals surface area contributed by atoms with E-state index in [0.29, 0.717) is 0 Å². The Kier molecular flexibility index (Phi) is 2.80. The van der Waals surface area contributed by atoms with E-state index in [-0.39, 0.29) is 0 Å². The lowest BCUT2D eigenvalue weighted by atomic mass is 9.97. The molecule has 2 nitrogen and oxygen atoms in total. The lowest BCUT2D eigenvalue weighted by Crippen LogP contribution is -1.92. The molecule has 0 atom stereocenters. The Morgan fingerprint density at radius 3 is 2.50 bits per heavy atom. The number of benzene rings is 3. The molecule has 1 aromatic heterocycles. The van der Waals surface area contributed by atoms with Gasteiger partial charge in [-0.25, -0.2) is 0 Å². The first-order valence-electron chi connectivity index (χ1n) is 8.21. The van der Waals surface area contributed by atoms with Gasteiger partial charge in [0.05, 0.1) is 12.8 Å². The highest BCUT2D eigenvalue weighted by molar-refractivity contribution is 6.06. The summed E-state index contributed by atoms with van der Waals surface area (Å²) >= 11 is 0. The SMILES string of the molecule is COc1ccc2c(c1)Cn1c-2c(-c2ccccc2)c2ccccc21. The number of nitrogens with zero attached hydrogens (tertiary/aromatic N) is 1. The minimum absolute atomic E-state index is 0.898. The molecule has 2 heterocycles. The lowest BCUT2D eigenvalue weighted by molar-refractivity contribution is 0.414. The van der Waals surface area contributed by atoms with Crippen LogP contribution in [0.25, 0.3) is 33.3 Å². The van der Waals surface area contributed by atoms with Crippen LogP contribution in [0.4, 0.5) is 0 Å². The molecule has 0 unspecified atom stereocenters. The van der Waals surface area contributed by atoms with Crippen molar-refractivity contribution in [1.29, 1.82) is 0 Å². The van der Waals surface area contributed by atoms with E-state index in [9.17, 15) is 0 Å². The molecule has 0 amide bonds. The molecule has 0 aliphatic carbocycles. The summed E-state index contributed by atoms with van der Waals surface area (Å²) in [7, 11) is 1.72. The number of methoxy groups -OCH3 is 1. The maximum atomic E-state index is 5.41. The van der Waals surface area contributed by atoms with Gasteiger partial charge in [0.25, 0.3) is 0 Å². The molecule has 2 heteroatoms. The maximum Gasteiger partial charge on any atom is 0.119 e. The second kappa shape index (κ2) is 5.00. The number of ether oxygens (including phenoxy) is 1. The van der Waals surface area contributed by atoms with Crippen molar-refractivity contribution in [2.75, 3.05) is 7.11 Å². The number of rotatable bonds is 2. The standard InChI is InChI=1S/C22H17NO/c1-24-17-11-12-18-16(13-17)14-23-20-10-6-5-9-19(20)21(22(18)23)15-7-3-2-4-8-15/h2-13H,14H2,1H3. The second-order valence-electron chi connectivity index (χ2n) is 6.22. The zero-order valence-corrected chi connectivity index (χ0v) is 13.5. The monoisotopic (exact) mass is 311 g/mol. The topological polar surface area (TPSA) is 14.2 Å². The van der Waals surface area contributed by atoms with E-state index in [2.05, 4.69) is 77.4 Å². The van der Waals surface area contributed by atoms with Crippen molar-refractivity contribution in [2.24, 2.45) is 0 Å². The molecule has 0 radical (unpaired) electrons. The van der Waals surface area contributed by atoms with Gasteiger partial charge in [-0.05, 0) is 35.4 Å². The summed E-state index contributed by atoms with van der Waals surface area (Å²) in [6.07, 6.45) is 0. The Hall–Kier alpha value is -3.00. The predicted molar refractivity (Wildman–Crippen MR) is 98.5 cm³/mol. The molecular formula is C22H17NO. The van der Waals surface area contributed by atoms with Gasteiger partial charge in [0.15, 0.2) is 0 Å². The summed E-state index contributed by atoms with van der Waals surface area (Å²) in [4.78, 5) is 0. The van der Waals surface area contributed by atoms with E-state index in [4.69, 9.17) is 4.74 Å². The van der Waals surface area contributed by atoms with Gasteiger partial charge < -0.3 is 9.30 Å². The van der Waals surface area contributed by atoms with Crippen LogP contribution in [-0.4, -0.2) is 11.7 Å². The molecule has 1 aliphatic rings. The van der Waals surface area contributed by atoms with E-state index in [1.54, 1.807) is 7.11 Å². The van der Waals surface area contributed by atoms with Crippen LogP contribution in [0, 0.1) is 0 Å². The van der Waals surface area contributed by atoms with Gasteiger partial charge in [-0.2, -0.15) is 0 Å². The Balaban J connectivity index is 1.87. The van der Waals surface area contributed by atoms with Gasteiger partial charge in [-0.15, -0.1) is 0 Å². The smallest absolute Gasteiger partial charge is 0.119 e. The fourth-order valence-electron chi connectivity index (χ4n) is 3.87.